The Kier molecular flexibility index (Phi) is 5.98. The van der Waals surface area contributed by atoms with Crippen molar-refractivity contribution in [3.05, 3.63) is 52.3 Å². The summed E-state index contributed by atoms with van der Waals surface area (Å²) in [6, 6.07) is 9.78. The summed E-state index contributed by atoms with van der Waals surface area (Å²) in [4.78, 5) is 25.2. The molecule has 1 saturated heterocycles. The van der Waals surface area contributed by atoms with Gasteiger partial charge in [-0.25, -0.2) is 5.43 Å². The predicted octanol–water partition coefficient (Wildman–Crippen LogP) is 2.33. The van der Waals surface area contributed by atoms with Gasteiger partial charge < -0.3 is 18.8 Å². The van der Waals surface area contributed by atoms with Crippen molar-refractivity contribution in [2.45, 2.75) is 0 Å². The Balaban J connectivity index is 1.46. The Morgan fingerprint density at radius 3 is 2.84 bits per heavy atom. The highest BCUT2D eigenvalue weighted by atomic mass is 16.6. The van der Waals surface area contributed by atoms with Crippen LogP contribution in [0.3, 0.4) is 0 Å². The van der Waals surface area contributed by atoms with E-state index in [1.165, 1.54) is 25.5 Å². The van der Waals surface area contributed by atoms with E-state index < -0.39 is 4.92 Å². The van der Waals surface area contributed by atoms with Crippen molar-refractivity contribution < 1.29 is 18.8 Å². The zero-order valence-corrected chi connectivity index (χ0v) is 16.6. The molecule has 1 aliphatic heterocycles. The third kappa shape index (κ3) is 4.93. The van der Waals surface area contributed by atoms with Gasteiger partial charge >= 0.3 is 6.01 Å². The van der Waals surface area contributed by atoms with E-state index in [-0.39, 0.29) is 17.6 Å². The van der Waals surface area contributed by atoms with Gasteiger partial charge in [0.05, 0.1) is 31.5 Å². The Morgan fingerprint density at radius 2 is 2.06 bits per heavy atom. The van der Waals surface area contributed by atoms with Crippen molar-refractivity contribution in [3.8, 4) is 17.3 Å². The Morgan fingerprint density at radius 1 is 1.23 bits per heavy atom. The van der Waals surface area contributed by atoms with Gasteiger partial charge in [0.2, 0.25) is 5.95 Å². The van der Waals surface area contributed by atoms with E-state index in [0.29, 0.717) is 49.3 Å². The molecule has 1 N–H and O–H groups in total. The molecule has 0 aliphatic carbocycles. The van der Waals surface area contributed by atoms with Crippen LogP contribution in [0.15, 0.2) is 45.9 Å². The van der Waals surface area contributed by atoms with E-state index in [0.717, 1.165) is 0 Å². The van der Waals surface area contributed by atoms with Gasteiger partial charge in [-0.3, -0.25) is 10.1 Å². The summed E-state index contributed by atoms with van der Waals surface area (Å²) in [5.41, 5.74) is 3.33. The van der Waals surface area contributed by atoms with Crippen LogP contribution in [-0.2, 0) is 4.74 Å². The maximum absolute atomic E-state index is 10.9. The van der Waals surface area contributed by atoms with Gasteiger partial charge in [0.15, 0.2) is 0 Å². The first-order valence-electron chi connectivity index (χ1n) is 9.39. The third-order valence-electron chi connectivity index (χ3n) is 4.40. The number of hydrazone groups is 1. The van der Waals surface area contributed by atoms with E-state index in [4.69, 9.17) is 13.9 Å². The number of non-ortho nitro benzene ring substituents is 1. The molecule has 0 radical (unpaired) electrons. The van der Waals surface area contributed by atoms with Crippen LogP contribution >= 0.6 is 0 Å². The van der Waals surface area contributed by atoms with E-state index in [9.17, 15) is 10.1 Å². The molecule has 1 aliphatic rings. The third-order valence-corrected chi connectivity index (χ3v) is 4.40. The minimum absolute atomic E-state index is 0.00867. The molecule has 12 heteroatoms. The number of nitro benzene ring substituents is 1. The molecule has 31 heavy (non-hydrogen) atoms. The maximum Gasteiger partial charge on any atom is 0.322 e. The van der Waals surface area contributed by atoms with Gasteiger partial charge in [0.25, 0.3) is 11.6 Å². The minimum Gasteiger partial charge on any atom is -0.467 e. The molecule has 4 rings (SSSR count). The van der Waals surface area contributed by atoms with Crippen LogP contribution in [-0.4, -0.2) is 59.5 Å². The normalized spacial score (nSPS) is 14.0. The number of hydrogen-bond donors (Lipinski definition) is 1. The van der Waals surface area contributed by atoms with Crippen LogP contribution < -0.4 is 15.1 Å². The second-order valence-corrected chi connectivity index (χ2v) is 6.42. The van der Waals surface area contributed by atoms with Gasteiger partial charge in [-0.1, -0.05) is 12.1 Å². The highest BCUT2D eigenvalue weighted by molar-refractivity contribution is 5.78. The van der Waals surface area contributed by atoms with Crippen molar-refractivity contribution in [2.24, 2.45) is 5.10 Å². The van der Waals surface area contributed by atoms with E-state index in [1.54, 1.807) is 24.3 Å². The number of furan rings is 1. The first-order valence-corrected chi connectivity index (χ1v) is 9.39. The smallest absolute Gasteiger partial charge is 0.322 e. The molecule has 0 bridgehead atoms. The number of morpholine rings is 1. The lowest BCUT2D eigenvalue weighted by molar-refractivity contribution is -0.384. The second-order valence-electron chi connectivity index (χ2n) is 6.42. The number of methoxy groups -OCH3 is 1. The summed E-state index contributed by atoms with van der Waals surface area (Å²) in [5, 5.41) is 15.0. The fraction of sp³-hybridized carbons (Fsp3) is 0.263. The molecule has 1 aromatic carbocycles. The number of rotatable bonds is 7. The molecule has 1 fully saturated rings. The van der Waals surface area contributed by atoms with Crippen molar-refractivity contribution in [3.63, 3.8) is 0 Å². The fourth-order valence-corrected chi connectivity index (χ4v) is 2.90. The van der Waals surface area contributed by atoms with E-state index >= 15 is 0 Å². The van der Waals surface area contributed by atoms with E-state index in [1.807, 2.05) is 4.90 Å². The van der Waals surface area contributed by atoms with Crippen LogP contribution in [0, 0.1) is 10.1 Å². The molecule has 2 aromatic heterocycles. The highest BCUT2D eigenvalue weighted by Crippen LogP contribution is 2.25. The van der Waals surface area contributed by atoms with Crippen LogP contribution in [0.4, 0.5) is 17.6 Å². The Labute approximate surface area is 176 Å². The maximum atomic E-state index is 10.9. The Bertz CT molecular complexity index is 1090. The first-order chi connectivity index (χ1) is 15.1. The average Bonchev–Trinajstić information content (AvgIpc) is 3.28. The minimum atomic E-state index is -0.451. The van der Waals surface area contributed by atoms with Crippen molar-refractivity contribution in [1.29, 1.82) is 0 Å². The number of nitro groups is 1. The predicted molar refractivity (Wildman–Crippen MR) is 111 cm³/mol. The molecule has 0 amide bonds. The molecule has 0 spiro atoms. The number of nitrogens with one attached hydrogen (secondary N) is 1. The lowest BCUT2D eigenvalue weighted by atomic mass is 10.1. The first kappa shape index (κ1) is 20.2. The van der Waals surface area contributed by atoms with E-state index in [2.05, 4.69) is 25.5 Å². The lowest BCUT2D eigenvalue weighted by Crippen LogP contribution is -2.37. The molecule has 12 nitrogen and oxygen atoms in total. The molecule has 3 aromatic rings. The molecule has 0 atom stereocenters. The summed E-state index contributed by atoms with van der Waals surface area (Å²) in [5.74, 6) is 1.62. The monoisotopic (exact) mass is 425 g/mol. The zero-order valence-electron chi connectivity index (χ0n) is 16.6. The average molecular weight is 425 g/mol. The fourth-order valence-electron chi connectivity index (χ4n) is 2.90. The van der Waals surface area contributed by atoms with Crippen LogP contribution in [0.2, 0.25) is 0 Å². The summed E-state index contributed by atoms with van der Waals surface area (Å²) < 4.78 is 16.2. The number of anilines is 2. The quantitative estimate of drug-likeness (QED) is 0.340. The molecule has 160 valence electrons. The van der Waals surface area contributed by atoms with Crippen molar-refractivity contribution in [2.75, 3.05) is 43.7 Å². The SMILES string of the molecule is COc1nc(NN=Cc2ccc(-c3cccc([N+](=O)[O-])c3)o2)nc(N2CCOCC2)n1. The summed E-state index contributed by atoms with van der Waals surface area (Å²) in [6.07, 6.45) is 1.45. The van der Waals surface area contributed by atoms with Gasteiger partial charge in [0.1, 0.15) is 11.5 Å². The van der Waals surface area contributed by atoms with Crippen LogP contribution in [0.1, 0.15) is 5.76 Å². The van der Waals surface area contributed by atoms with Gasteiger partial charge in [-0.05, 0) is 12.1 Å². The van der Waals surface area contributed by atoms with Gasteiger partial charge in [-0.2, -0.15) is 20.1 Å². The second kappa shape index (κ2) is 9.17. The van der Waals surface area contributed by atoms with Crippen LogP contribution in [0.25, 0.3) is 11.3 Å². The number of benzene rings is 1. The van der Waals surface area contributed by atoms with Crippen LogP contribution in [0.5, 0.6) is 6.01 Å². The van der Waals surface area contributed by atoms with Crippen molar-refractivity contribution >= 4 is 23.8 Å². The molecule has 0 unspecified atom stereocenters. The van der Waals surface area contributed by atoms with Gasteiger partial charge in [-0.15, -0.1) is 0 Å². The number of nitrogens with zero attached hydrogens (tertiary/aromatic N) is 6. The number of aromatic nitrogens is 3. The highest BCUT2D eigenvalue weighted by Gasteiger charge is 2.17. The standard InChI is InChI=1S/C19H19N7O5/c1-29-19-22-17(21-18(23-19)25-7-9-30-10-8-25)24-20-12-15-5-6-16(31-15)13-3-2-4-14(11-13)26(27)28/h2-6,11-12H,7-10H2,1H3,(H,21,22,23,24). The largest absolute Gasteiger partial charge is 0.467 e. The lowest BCUT2D eigenvalue weighted by Gasteiger charge is -2.26. The molecular weight excluding hydrogens is 406 g/mol. The number of ether oxygens (including phenoxy) is 2. The summed E-state index contributed by atoms with van der Waals surface area (Å²) >= 11 is 0. The summed E-state index contributed by atoms with van der Waals surface area (Å²) in [6.45, 7) is 2.53. The summed E-state index contributed by atoms with van der Waals surface area (Å²) in [7, 11) is 1.48. The number of hydrogen-bond acceptors (Lipinski definition) is 11. The molecule has 0 saturated carbocycles. The molecular formula is C19H19N7O5. The topological polar surface area (TPSA) is 141 Å². The zero-order chi connectivity index (χ0) is 21.6. The molecule has 3 heterocycles. The van der Waals surface area contributed by atoms with Gasteiger partial charge in [0, 0.05) is 30.8 Å². The van der Waals surface area contributed by atoms with Crippen molar-refractivity contribution in [1.82, 2.24) is 15.0 Å². The Hall–Kier alpha value is -4.06.